The van der Waals surface area contributed by atoms with Crippen LogP contribution in [0.15, 0.2) is 53.3 Å². The number of allylic oxidation sites excluding steroid dienone is 1. The lowest BCUT2D eigenvalue weighted by molar-refractivity contribution is -0.148. The van der Waals surface area contributed by atoms with Crippen LogP contribution in [0.1, 0.15) is 24.5 Å². The maximum atomic E-state index is 14.5. The van der Waals surface area contributed by atoms with Crippen LogP contribution in [0.5, 0.6) is 0 Å². The summed E-state index contributed by atoms with van der Waals surface area (Å²) in [7, 11) is 1.43. The highest BCUT2D eigenvalue weighted by Gasteiger charge is 2.46. The van der Waals surface area contributed by atoms with Gasteiger partial charge in [0.2, 0.25) is 0 Å². The number of nitrogens with two attached hydrogens (primary N) is 1. The molecule has 1 aliphatic rings. The number of nitrogens with zero attached hydrogens (tertiary/aromatic N) is 3. The maximum Gasteiger partial charge on any atom is 0.417 e. The summed E-state index contributed by atoms with van der Waals surface area (Å²) in [6.45, 7) is 0.597. The van der Waals surface area contributed by atoms with Gasteiger partial charge >= 0.3 is 6.18 Å². The SMILES string of the molecule is CN=CC(=C(N)C(=O)N1CC(F)(F)CC(C)[C@H]1CNc1ccc(C(F)(F)F)cn1)c1ccc(F)cc1. The van der Waals surface area contributed by atoms with Crippen LogP contribution in [0, 0.1) is 11.7 Å². The number of amides is 1. The molecule has 1 saturated heterocycles. The number of alkyl halides is 5. The molecule has 0 spiro atoms. The second-order valence-corrected chi connectivity index (χ2v) is 8.57. The Hall–Kier alpha value is -3.57. The molecule has 2 heterocycles. The first-order valence-electron chi connectivity index (χ1n) is 11.0. The Labute approximate surface area is 203 Å². The zero-order valence-corrected chi connectivity index (χ0v) is 19.5. The number of hydrogen-bond donors (Lipinski definition) is 2. The monoisotopic (exact) mass is 513 g/mol. The first-order chi connectivity index (χ1) is 16.8. The molecule has 2 atom stereocenters. The predicted molar refractivity (Wildman–Crippen MR) is 124 cm³/mol. The second-order valence-electron chi connectivity index (χ2n) is 8.57. The molecule has 36 heavy (non-hydrogen) atoms. The van der Waals surface area contributed by atoms with E-state index in [1.165, 1.54) is 25.4 Å². The smallest absolute Gasteiger partial charge is 0.394 e. The number of benzene rings is 1. The van der Waals surface area contributed by atoms with Crippen molar-refractivity contribution in [1.29, 1.82) is 0 Å². The van der Waals surface area contributed by atoms with E-state index in [0.29, 0.717) is 11.8 Å². The van der Waals surface area contributed by atoms with Crippen LogP contribution < -0.4 is 11.1 Å². The van der Waals surface area contributed by atoms with Crippen LogP contribution in [0.4, 0.5) is 32.2 Å². The lowest BCUT2D eigenvalue weighted by Crippen LogP contribution is -2.58. The number of piperidine rings is 1. The predicted octanol–water partition coefficient (Wildman–Crippen LogP) is 4.59. The first kappa shape index (κ1) is 27.0. The van der Waals surface area contributed by atoms with Gasteiger partial charge in [0, 0.05) is 38.0 Å². The van der Waals surface area contributed by atoms with Crippen molar-refractivity contribution in [2.75, 3.05) is 25.5 Å². The van der Waals surface area contributed by atoms with Crippen LogP contribution in [-0.4, -0.2) is 54.1 Å². The number of pyridine rings is 1. The lowest BCUT2D eigenvalue weighted by atomic mass is 9.88. The van der Waals surface area contributed by atoms with Gasteiger partial charge in [0.1, 0.15) is 17.3 Å². The summed E-state index contributed by atoms with van der Waals surface area (Å²) in [5.74, 6) is -5.14. The average Bonchev–Trinajstić information content (AvgIpc) is 2.80. The molecule has 3 N–H and O–H groups in total. The zero-order chi connectivity index (χ0) is 26.7. The van der Waals surface area contributed by atoms with Crippen molar-refractivity contribution in [2.24, 2.45) is 16.6 Å². The summed E-state index contributed by atoms with van der Waals surface area (Å²) >= 11 is 0. The summed E-state index contributed by atoms with van der Waals surface area (Å²) in [4.78, 5) is 21.9. The first-order valence-corrected chi connectivity index (χ1v) is 11.0. The number of carbonyl (C=O) groups is 1. The third-order valence-electron chi connectivity index (χ3n) is 5.86. The number of anilines is 1. The molecular formula is C24H25F6N5O. The number of aromatic nitrogens is 1. The average molecular weight is 513 g/mol. The van der Waals surface area contributed by atoms with Crippen molar-refractivity contribution in [3.8, 4) is 0 Å². The molecule has 0 bridgehead atoms. The summed E-state index contributed by atoms with van der Waals surface area (Å²) in [6, 6.07) is 6.29. The van der Waals surface area contributed by atoms with Crippen LogP contribution in [-0.2, 0) is 11.0 Å². The molecule has 0 radical (unpaired) electrons. The standard InChI is InChI=1S/C24H25F6N5O/c1-14-9-23(26,27)13-35(19(14)12-34-20-8-5-16(10-33-20)24(28,29)30)22(36)21(31)18(11-32-2)15-3-6-17(25)7-4-15/h3-8,10-11,14,19H,9,12-13,31H2,1-2H3,(H,33,34)/t14?,19-/m1/s1. The number of carbonyl (C=O) groups excluding carboxylic acids is 1. The maximum absolute atomic E-state index is 14.5. The Morgan fingerprint density at radius 1 is 1.25 bits per heavy atom. The van der Waals surface area contributed by atoms with Gasteiger partial charge in [-0.2, -0.15) is 13.2 Å². The molecule has 1 amide bonds. The van der Waals surface area contributed by atoms with E-state index in [9.17, 15) is 31.1 Å². The van der Waals surface area contributed by atoms with Crippen molar-refractivity contribution < 1.29 is 31.1 Å². The Balaban J connectivity index is 1.89. The van der Waals surface area contributed by atoms with Gasteiger partial charge in [-0.3, -0.25) is 9.79 Å². The van der Waals surface area contributed by atoms with Crippen LogP contribution in [0.25, 0.3) is 5.57 Å². The molecule has 1 unspecified atom stereocenters. The van der Waals surface area contributed by atoms with E-state index in [0.717, 1.165) is 29.2 Å². The molecule has 0 saturated carbocycles. The molecule has 2 aromatic rings. The van der Waals surface area contributed by atoms with E-state index >= 15 is 0 Å². The fourth-order valence-electron chi connectivity index (χ4n) is 4.08. The Morgan fingerprint density at radius 3 is 2.47 bits per heavy atom. The molecule has 1 aromatic carbocycles. The summed E-state index contributed by atoms with van der Waals surface area (Å²) < 4.78 is 80.7. The highest BCUT2D eigenvalue weighted by atomic mass is 19.4. The van der Waals surface area contributed by atoms with Crippen LogP contribution in [0.3, 0.4) is 0 Å². The number of halogens is 6. The van der Waals surface area contributed by atoms with Gasteiger partial charge in [-0.15, -0.1) is 0 Å². The van der Waals surface area contributed by atoms with Gasteiger partial charge in [-0.25, -0.2) is 18.2 Å². The number of hydrogen-bond acceptors (Lipinski definition) is 5. The Kier molecular flexibility index (Phi) is 7.95. The van der Waals surface area contributed by atoms with Crippen LogP contribution >= 0.6 is 0 Å². The molecule has 1 aromatic heterocycles. The molecule has 3 rings (SSSR count). The van der Waals surface area contributed by atoms with Gasteiger partial charge in [0.05, 0.1) is 18.2 Å². The quantitative estimate of drug-likeness (QED) is 0.336. The minimum atomic E-state index is -4.55. The van der Waals surface area contributed by atoms with Gasteiger partial charge in [0.15, 0.2) is 0 Å². The van der Waals surface area contributed by atoms with E-state index in [1.54, 1.807) is 6.92 Å². The van der Waals surface area contributed by atoms with E-state index in [1.807, 2.05) is 0 Å². The highest BCUT2D eigenvalue weighted by Crippen LogP contribution is 2.35. The van der Waals surface area contributed by atoms with E-state index in [-0.39, 0.29) is 23.6 Å². The molecule has 194 valence electrons. The lowest BCUT2D eigenvalue weighted by Gasteiger charge is -2.43. The third-order valence-corrected chi connectivity index (χ3v) is 5.86. The molecular weight excluding hydrogens is 488 g/mol. The number of rotatable bonds is 6. The Bertz CT molecular complexity index is 1130. The Morgan fingerprint density at radius 2 is 1.92 bits per heavy atom. The molecule has 1 fully saturated rings. The largest absolute Gasteiger partial charge is 0.417 e. The number of nitrogens with one attached hydrogen (secondary N) is 1. The minimum Gasteiger partial charge on any atom is -0.394 e. The summed E-state index contributed by atoms with van der Waals surface area (Å²) in [5.41, 5.74) is 5.35. The zero-order valence-electron chi connectivity index (χ0n) is 19.5. The van der Waals surface area contributed by atoms with Gasteiger partial charge < -0.3 is 16.0 Å². The van der Waals surface area contributed by atoms with E-state index < -0.39 is 54.3 Å². The molecule has 12 heteroatoms. The fourth-order valence-corrected chi connectivity index (χ4v) is 4.08. The highest BCUT2D eigenvalue weighted by molar-refractivity contribution is 6.18. The minimum absolute atomic E-state index is 0.0532. The number of likely N-dealkylation sites (tertiary alicyclic amines) is 1. The van der Waals surface area contributed by atoms with E-state index in [4.69, 9.17) is 5.73 Å². The second kappa shape index (κ2) is 10.6. The van der Waals surface area contributed by atoms with Gasteiger partial charge in [0.25, 0.3) is 11.8 Å². The van der Waals surface area contributed by atoms with Gasteiger partial charge in [-0.1, -0.05) is 19.1 Å². The summed E-state index contributed by atoms with van der Waals surface area (Å²) in [6.07, 6.45) is -3.10. The molecule has 0 aliphatic carbocycles. The fraction of sp³-hybridized carbons (Fsp3) is 0.375. The van der Waals surface area contributed by atoms with Crippen LogP contribution in [0.2, 0.25) is 0 Å². The van der Waals surface area contributed by atoms with Crippen molar-refractivity contribution in [3.63, 3.8) is 0 Å². The van der Waals surface area contributed by atoms with Crippen molar-refractivity contribution >= 4 is 23.5 Å². The normalized spacial score (nSPS) is 20.8. The van der Waals surface area contributed by atoms with E-state index in [2.05, 4.69) is 15.3 Å². The van der Waals surface area contributed by atoms with Crippen molar-refractivity contribution in [1.82, 2.24) is 9.88 Å². The molecule has 6 nitrogen and oxygen atoms in total. The molecule has 1 aliphatic heterocycles. The van der Waals surface area contributed by atoms with Crippen molar-refractivity contribution in [3.05, 3.63) is 65.2 Å². The van der Waals surface area contributed by atoms with Gasteiger partial charge in [-0.05, 0) is 35.7 Å². The summed E-state index contributed by atoms with van der Waals surface area (Å²) in [5, 5.41) is 2.82. The third kappa shape index (κ3) is 6.35. The van der Waals surface area contributed by atoms with Crippen molar-refractivity contribution in [2.45, 2.75) is 31.5 Å². The number of aliphatic imine (C=N–C) groups is 1. The topological polar surface area (TPSA) is 83.6 Å².